The zero-order valence-electron chi connectivity index (χ0n) is 12.9. The van der Waals surface area contributed by atoms with Crippen LogP contribution in [0.25, 0.3) is 16.9 Å². The molecule has 0 bridgehead atoms. The molecule has 1 atom stereocenters. The molecule has 112 valence electrons. The van der Waals surface area contributed by atoms with Crippen molar-refractivity contribution in [3.8, 4) is 11.3 Å². The van der Waals surface area contributed by atoms with Crippen LogP contribution in [0.2, 0.25) is 0 Å². The molecule has 0 radical (unpaired) electrons. The van der Waals surface area contributed by atoms with Gasteiger partial charge in [-0.3, -0.25) is 0 Å². The largest absolute Gasteiger partial charge is 0.316 e. The van der Waals surface area contributed by atoms with E-state index in [0.717, 1.165) is 42.2 Å². The Balaban J connectivity index is 1.81. The number of benzene rings is 1. The van der Waals surface area contributed by atoms with E-state index in [1.807, 2.05) is 16.6 Å². The molecule has 2 aromatic heterocycles. The first-order valence-electron chi connectivity index (χ1n) is 7.73. The predicted molar refractivity (Wildman–Crippen MR) is 85.9 cm³/mol. The Kier molecular flexibility index (Phi) is 3.15. The van der Waals surface area contributed by atoms with E-state index in [0.29, 0.717) is 5.92 Å². The van der Waals surface area contributed by atoms with Gasteiger partial charge in [-0.1, -0.05) is 12.1 Å². The van der Waals surface area contributed by atoms with Crippen molar-refractivity contribution in [2.45, 2.75) is 26.2 Å². The Bertz CT molecular complexity index is 830. The van der Waals surface area contributed by atoms with E-state index in [2.05, 4.69) is 47.6 Å². The lowest BCUT2D eigenvalue weighted by molar-refractivity contribution is 0.668. The molecule has 1 unspecified atom stereocenters. The molecule has 1 aliphatic heterocycles. The van der Waals surface area contributed by atoms with Crippen LogP contribution in [0.1, 0.15) is 29.3 Å². The lowest BCUT2D eigenvalue weighted by Gasteiger charge is -2.08. The summed E-state index contributed by atoms with van der Waals surface area (Å²) < 4.78 is 1.90. The number of aromatic nitrogens is 4. The molecular weight excluding hydrogens is 274 g/mol. The number of rotatable bonds is 2. The zero-order chi connectivity index (χ0) is 15.1. The van der Waals surface area contributed by atoms with Crippen LogP contribution in [0.4, 0.5) is 0 Å². The molecule has 5 nitrogen and oxygen atoms in total. The van der Waals surface area contributed by atoms with Crippen molar-refractivity contribution in [3.63, 3.8) is 0 Å². The molecule has 0 saturated carbocycles. The van der Waals surface area contributed by atoms with Crippen LogP contribution in [-0.2, 0) is 0 Å². The molecule has 1 aliphatic rings. The first kappa shape index (κ1) is 13.4. The molecule has 0 spiro atoms. The molecule has 0 aliphatic carbocycles. The molecular formula is C17H19N5. The minimum atomic E-state index is 0.400. The van der Waals surface area contributed by atoms with Gasteiger partial charge in [-0.05, 0) is 56.1 Å². The van der Waals surface area contributed by atoms with Crippen LogP contribution >= 0.6 is 0 Å². The number of hydrogen-bond acceptors (Lipinski definition) is 4. The maximum absolute atomic E-state index is 4.78. The van der Waals surface area contributed by atoms with Crippen LogP contribution in [0.15, 0.2) is 30.3 Å². The number of nitrogens with one attached hydrogen (secondary N) is 1. The maximum Gasteiger partial charge on any atom is 0.177 e. The fourth-order valence-corrected chi connectivity index (χ4v) is 2.99. The topological polar surface area (TPSA) is 55.1 Å². The fraction of sp³-hybridized carbons (Fsp3) is 0.353. The zero-order valence-corrected chi connectivity index (χ0v) is 12.9. The molecule has 5 heteroatoms. The van der Waals surface area contributed by atoms with E-state index in [-0.39, 0.29) is 0 Å². The van der Waals surface area contributed by atoms with Crippen LogP contribution in [0.5, 0.6) is 0 Å². The number of hydrogen-bond donors (Lipinski definition) is 1. The highest BCUT2D eigenvalue weighted by molar-refractivity contribution is 5.62. The highest BCUT2D eigenvalue weighted by atomic mass is 15.4. The summed E-state index contributed by atoms with van der Waals surface area (Å²) >= 11 is 0. The number of aryl methyl sites for hydroxylation is 2. The molecule has 1 N–H and O–H groups in total. The van der Waals surface area contributed by atoms with Crippen molar-refractivity contribution in [3.05, 3.63) is 47.3 Å². The third-order valence-electron chi connectivity index (χ3n) is 4.52. The molecule has 3 heterocycles. The van der Waals surface area contributed by atoms with Gasteiger partial charge in [0.2, 0.25) is 0 Å². The molecule has 22 heavy (non-hydrogen) atoms. The van der Waals surface area contributed by atoms with Gasteiger partial charge in [-0.25, -0.2) is 0 Å². The van der Waals surface area contributed by atoms with Crippen LogP contribution in [0.3, 0.4) is 0 Å². The van der Waals surface area contributed by atoms with Gasteiger partial charge in [0.25, 0.3) is 0 Å². The predicted octanol–water partition coefficient (Wildman–Crippen LogP) is 2.49. The average molecular weight is 293 g/mol. The molecule has 1 saturated heterocycles. The summed E-state index contributed by atoms with van der Waals surface area (Å²) in [5, 5.41) is 16.8. The monoisotopic (exact) mass is 293 g/mol. The van der Waals surface area contributed by atoms with Crippen molar-refractivity contribution in [1.82, 2.24) is 25.1 Å². The number of nitrogens with zero attached hydrogens (tertiary/aromatic N) is 4. The minimum absolute atomic E-state index is 0.400. The summed E-state index contributed by atoms with van der Waals surface area (Å²) in [6.45, 7) is 6.25. The van der Waals surface area contributed by atoms with Crippen molar-refractivity contribution in [2.75, 3.05) is 13.1 Å². The van der Waals surface area contributed by atoms with E-state index in [1.165, 1.54) is 11.1 Å². The second-order valence-corrected chi connectivity index (χ2v) is 6.04. The van der Waals surface area contributed by atoms with E-state index in [1.54, 1.807) is 0 Å². The second-order valence-electron chi connectivity index (χ2n) is 6.04. The van der Waals surface area contributed by atoms with Crippen LogP contribution < -0.4 is 5.32 Å². The average Bonchev–Trinajstić information content (AvgIpc) is 3.17. The smallest absolute Gasteiger partial charge is 0.177 e. The summed E-state index contributed by atoms with van der Waals surface area (Å²) in [5.41, 5.74) is 5.49. The number of fused-ring (bicyclic) bond motifs is 1. The summed E-state index contributed by atoms with van der Waals surface area (Å²) in [5.74, 6) is 1.36. The maximum atomic E-state index is 4.78. The summed E-state index contributed by atoms with van der Waals surface area (Å²) in [4.78, 5) is 0. The lowest BCUT2D eigenvalue weighted by Crippen LogP contribution is -2.11. The molecule has 4 rings (SSSR count). The van der Waals surface area contributed by atoms with Gasteiger partial charge in [0.1, 0.15) is 0 Å². The Hall–Kier alpha value is -2.27. The SMILES string of the molecule is Cc1ccc(-c2ccc3nnc(C4CCNC4)n3n2)cc1C. The van der Waals surface area contributed by atoms with Gasteiger partial charge >= 0.3 is 0 Å². The van der Waals surface area contributed by atoms with Crippen molar-refractivity contribution >= 4 is 5.65 Å². The van der Waals surface area contributed by atoms with Crippen molar-refractivity contribution in [1.29, 1.82) is 0 Å². The highest BCUT2D eigenvalue weighted by Gasteiger charge is 2.22. The Labute approximate surface area is 129 Å². The third kappa shape index (κ3) is 2.18. The Morgan fingerprint density at radius 2 is 2.00 bits per heavy atom. The van der Waals surface area contributed by atoms with Crippen LogP contribution in [-0.4, -0.2) is 32.9 Å². The van der Waals surface area contributed by atoms with Gasteiger partial charge in [-0.15, -0.1) is 10.2 Å². The van der Waals surface area contributed by atoms with Crippen LogP contribution in [0, 0.1) is 13.8 Å². The van der Waals surface area contributed by atoms with Gasteiger partial charge in [0.05, 0.1) is 5.69 Å². The molecule has 1 fully saturated rings. The molecule has 0 amide bonds. The van der Waals surface area contributed by atoms with Gasteiger partial charge in [-0.2, -0.15) is 9.61 Å². The van der Waals surface area contributed by atoms with E-state index >= 15 is 0 Å². The van der Waals surface area contributed by atoms with Gasteiger partial charge in [0.15, 0.2) is 11.5 Å². The van der Waals surface area contributed by atoms with E-state index in [9.17, 15) is 0 Å². The highest BCUT2D eigenvalue weighted by Crippen LogP contribution is 2.24. The lowest BCUT2D eigenvalue weighted by atomic mass is 10.0. The summed E-state index contributed by atoms with van der Waals surface area (Å²) in [6.07, 6.45) is 1.09. The quantitative estimate of drug-likeness (QED) is 0.788. The first-order chi connectivity index (χ1) is 10.7. The Morgan fingerprint density at radius 3 is 2.77 bits per heavy atom. The molecule has 1 aromatic carbocycles. The van der Waals surface area contributed by atoms with E-state index < -0.39 is 0 Å². The van der Waals surface area contributed by atoms with E-state index in [4.69, 9.17) is 5.10 Å². The normalized spacial score (nSPS) is 18.2. The second kappa shape index (κ2) is 5.18. The minimum Gasteiger partial charge on any atom is -0.316 e. The van der Waals surface area contributed by atoms with Crippen molar-refractivity contribution < 1.29 is 0 Å². The summed E-state index contributed by atoms with van der Waals surface area (Å²) in [7, 11) is 0. The van der Waals surface area contributed by atoms with Crippen molar-refractivity contribution in [2.24, 2.45) is 0 Å². The standard InChI is InChI=1S/C17H19N5/c1-11-3-4-13(9-12(11)2)15-5-6-16-19-20-17(22(16)21-15)14-7-8-18-10-14/h3-6,9,14,18H,7-8,10H2,1-2H3. The first-order valence-corrected chi connectivity index (χ1v) is 7.73. The fourth-order valence-electron chi connectivity index (χ4n) is 2.99. The van der Waals surface area contributed by atoms with Gasteiger partial charge < -0.3 is 5.32 Å². The Morgan fingerprint density at radius 1 is 1.09 bits per heavy atom. The summed E-state index contributed by atoms with van der Waals surface area (Å²) in [6, 6.07) is 10.5. The molecule has 3 aromatic rings. The van der Waals surface area contributed by atoms with Gasteiger partial charge in [0, 0.05) is 18.0 Å². The third-order valence-corrected chi connectivity index (χ3v) is 4.52.